The van der Waals surface area contributed by atoms with Crippen molar-refractivity contribution in [2.75, 3.05) is 6.54 Å². The zero-order chi connectivity index (χ0) is 19.6. The Balaban J connectivity index is 1.91. The van der Waals surface area contributed by atoms with Gasteiger partial charge in [-0.3, -0.25) is 9.69 Å². The summed E-state index contributed by atoms with van der Waals surface area (Å²) in [6.45, 7) is 8.68. The molecule has 0 radical (unpaired) electrons. The summed E-state index contributed by atoms with van der Waals surface area (Å²) in [6, 6.07) is 13.6. The minimum Gasteiger partial charge on any atom is -0.506 e. The zero-order valence-electron chi connectivity index (χ0n) is 16.1. The number of aliphatic imine (C=N–C) groups is 1. The Bertz CT molecular complexity index is 914. The van der Waals surface area contributed by atoms with Gasteiger partial charge in [-0.15, -0.1) is 0 Å². The first-order valence-electron chi connectivity index (χ1n) is 9.08. The summed E-state index contributed by atoms with van der Waals surface area (Å²) in [5, 5.41) is 10.7. The predicted molar refractivity (Wildman–Crippen MR) is 113 cm³/mol. The SMILES string of the molecule is CCN1C(=O)/C(=C/c2ccc(C(C)C)cc2)SC1=Nc1ccc(C)cc1O. The molecular formula is C22H24N2O2S. The number of thioether (sulfide) groups is 1. The van der Waals surface area contributed by atoms with E-state index in [1.807, 2.05) is 38.1 Å². The fourth-order valence-electron chi connectivity index (χ4n) is 2.83. The minimum absolute atomic E-state index is 0.0548. The summed E-state index contributed by atoms with van der Waals surface area (Å²) in [7, 11) is 0. The van der Waals surface area contributed by atoms with Crippen LogP contribution >= 0.6 is 11.8 Å². The van der Waals surface area contributed by atoms with Gasteiger partial charge in [-0.2, -0.15) is 0 Å². The first-order chi connectivity index (χ1) is 12.9. The van der Waals surface area contributed by atoms with Gasteiger partial charge in [0.05, 0.1) is 4.91 Å². The van der Waals surface area contributed by atoms with Crippen LogP contribution < -0.4 is 0 Å². The number of carbonyl (C=O) groups is 1. The van der Waals surface area contributed by atoms with Gasteiger partial charge in [0.2, 0.25) is 0 Å². The average Bonchev–Trinajstić information content (AvgIpc) is 2.92. The quantitative estimate of drug-likeness (QED) is 0.718. The number of carbonyl (C=O) groups excluding carboxylic acids is 1. The molecule has 2 aromatic rings. The van der Waals surface area contributed by atoms with Crippen LogP contribution in [-0.2, 0) is 4.79 Å². The number of phenolic OH excluding ortho intramolecular Hbond substituents is 1. The average molecular weight is 381 g/mol. The van der Waals surface area contributed by atoms with E-state index in [0.29, 0.717) is 28.2 Å². The summed E-state index contributed by atoms with van der Waals surface area (Å²) >= 11 is 1.34. The number of aryl methyl sites for hydroxylation is 1. The molecule has 27 heavy (non-hydrogen) atoms. The van der Waals surface area contributed by atoms with E-state index in [-0.39, 0.29) is 11.7 Å². The van der Waals surface area contributed by atoms with Crippen molar-refractivity contribution in [3.8, 4) is 5.75 Å². The van der Waals surface area contributed by atoms with Crippen LogP contribution in [-0.4, -0.2) is 27.6 Å². The van der Waals surface area contributed by atoms with Crippen molar-refractivity contribution in [1.82, 2.24) is 4.90 Å². The van der Waals surface area contributed by atoms with Crippen LogP contribution in [0.15, 0.2) is 52.4 Å². The lowest BCUT2D eigenvalue weighted by Gasteiger charge is -2.12. The summed E-state index contributed by atoms with van der Waals surface area (Å²) in [5.74, 6) is 0.541. The molecule has 1 saturated heterocycles. The van der Waals surface area contributed by atoms with Gasteiger partial charge in [-0.1, -0.05) is 44.2 Å². The van der Waals surface area contributed by atoms with Crippen molar-refractivity contribution in [2.24, 2.45) is 4.99 Å². The molecule has 1 N–H and O–H groups in total. The third kappa shape index (κ3) is 4.25. The van der Waals surface area contributed by atoms with Crippen molar-refractivity contribution in [3.05, 3.63) is 64.1 Å². The van der Waals surface area contributed by atoms with E-state index < -0.39 is 0 Å². The highest BCUT2D eigenvalue weighted by Gasteiger charge is 2.32. The molecular weight excluding hydrogens is 356 g/mol. The normalized spacial score (nSPS) is 17.5. The van der Waals surface area contributed by atoms with Crippen molar-refractivity contribution in [1.29, 1.82) is 0 Å². The molecule has 0 aromatic heterocycles. The lowest BCUT2D eigenvalue weighted by molar-refractivity contribution is -0.122. The van der Waals surface area contributed by atoms with Crippen LogP contribution in [0.4, 0.5) is 5.69 Å². The summed E-state index contributed by atoms with van der Waals surface area (Å²) in [6.07, 6.45) is 1.90. The number of amides is 1. The summed E-state index contributed by atoms with van der Waals surface area (Å²) in [5.41, 5.74) is 3.70. The van der Waals surface area contributed by atoms with Crippen LogP contribution in [0.25, 0.3) is 6.08 Å². The number of nitrogens with zero attached hydrogens (tertiary/aromatic N) is 2. The highest BCUT2D eigenvalue weighted by Crippen LogP contribution is 2.36. The van der Waals surface area contributed by atoms with E-state index in [2.05, 4.69) is 31.0 Å². The second kappa shape index (κ2) is 8.01. The number of hydrogen-bond donors (Lipinski definition) is 1. The van der Waals surface area contributed by atoms with Gasteiger partial charge in [0.25, 0.3) is 5.91 Å². The van der Waals surface area contributed by atoms with Crippen molar-refractivity contribution < 1.29 is 9.90 Å². The first kappa shape index (κ1) is 19.2. The van der Waals surface area contributed by atoms with Crippen molar-refractivity contribution in [2.45, 2.75) is 33.6 Å². The van der Waals surface area contributed by atoms with Crippen molar-refractivity contribution in [3.63, 3.8) is 0 Å². The lowest BCUT2D eigenvalue weighted by Crippen LogP contribution is -2.28. The molecule has 0 unspecified atom stereocenters. The monoisotopic (exact) mass is 380 g/mol. The summed E-state index contributed by atoms with van der Waals surface area (Å²) < 4.78 is 0. The number of hydrogen-bond acceptors (Lipinski definition) is 4. The van der Waals surface area contributed by atoms with Gasteiger partial charge in [-0.25, -0.2) is 4.99 Å². The molecule has 5 heteroatoms. The van der Waals surface area contributed by atoms with E-state index in [1.165, 1.54) is 17.3 Å². The maximum absolute atomic E-state index is 12.7. The van der Waals surface area contributed by atoms with E-state index in [4.69, 9.17) is 0 Å². The van der Waals surface area contributed by atoms with E-state index >= 15 is 0 Å². The largest absolute Gasteiger partial charge is 0.506 e. The second-order valence-electron chi connectivity index (χ2n) is 6.87. The molecule has 1 amide bonds. The van der Waals surface area contributed by atoms with Gasteiger partial charge in [-0.05, 0) is 66.4 Å². The molecule has 3 rings (SSSR count). The molecule has 4 nitrogen and oxygen atoms in total. The third-order valence-electron chi connectivity index (χ3n) is 4.45. The number of phenols is 1. The molecule has 0 spiro atoms. The van der Waals surface area contributed by atoms with E-state index in [0.717, 1.165) is 11.1 Å². The fraction of sp³-hybridized carbons (Fsp3) is 0.273. The van der Waals surface area contributed by atoms with Crippen LogP contribution in [0, 0.1) is 6.92 Å². The third-order valence-corrected chi connectivity index (χ3v) is 5.46. The first-order valence-corrected chi connectivity index (χ1v) is 9.90. The predicted octanol–water partition coefficient (Wildman–Crippen LogP) is 5.45. The van der Waals surface area contributed by atoms with Gasteiger partial charge in [0.1, 0.15) is 11.4 Å². The number of aromatic hydroxyl groups is 1. The Hall–Kier alpha value is -2.53. The number of likely N-dealkylation sites (N-methyl/N-ethyl adjacent to an activating group) is 1. The van der Waals surface area contributed by atoms with Crippen LogP contribution in [0.3, 0.4) is 0 Å². The Labute approximate surface area is 164 Å². The highest BCUT2D eigenvalue weighted by atomic mass is 32.2. The minimum atomic E-state index is -0.0548. The molecule has 1 fully saturated rings. The maximum Gasteiger partial charge on any atom is 0.266 e. The molecule has 140 valence electrons. The zero-order valence-corrected chi connectivity index (χ0v) is 16.9. The Kier molecular flexibility index (Phi) is 5.71. The van der Waals surface area contributed by atoms with Crippen LogP contribution in [0.2, 0.25) is 0 Å². The van der Waals surface area contributed by atoms with Crippen molar-refractivity contribution >= 4 is 34.6 Å². The van der Waals surface area contributed by atoms with Crippen LogP contribution in [0.1, 0.15) is 43.4 Å². The fourth-order valence-corrected chi connectivity index (χ4v) is 3.89. The molecule has 1 heterocycles. The molecule has 2 aromatic carbocycles. The maximum atomic E-state index is 12.7. The topological polar surface area (TPSA) is 52.9 Å². The van der Waals surface area contributed by atoms with E-state index in [9.17, 15) is 9.90 Å². The molecule has 0 bridgehead atoms. The summed E-state index contributed by atoms with van der Waals surface area (Å²) in [4.78, 5) is 19.5. The smallest absolute Gasteiger partial charge is 0.266 e. The standard InChI is InChI=1S/C22H24N2O2S/c1-5-24-21(26)20(13-16-7-9-17(10-8-16)14(2)3)27-22(24)23-18-11-6-15(4)12-19(18)25/h6-14,25H,5H2,1-4H3/b20-13-,23-22?. The van der Waals surface area contributed by atoms with Gasteiger partial charge in [0.15, 0.2) is 5.17 Å². The molecule has 0 atom stereocenters. The van der Waals surface area contributed by atoms with E-state index in [1.54, 1.807) is 17.0 Å². The molecule has 0 aliphatic carbocycles. The molecule has 1 aliphatic rings. The second-order valence-corrected chi connectivity index (χ2v) is 7.88. The Morgan fingerprint density at radius 1 is 1.19 bits per heavy atom. The number of amidine groups is 1. The number of rotatable bonds is 4. The van der Waals surface area contributed by atoms with Gasteiger partial charge in [0, 0.05) is 6.54 Å². The van der Waals surface area contributed by atoms with Gasteiger partial charge >= 0.3 is 0 Å². The molecule has 0 saturated carbocycles. The Morgan fingerprint density at radius 2 is 1.89 bits per heavy atom. The molecule has 1 aliphatic heterocycles. The van der Waals surface area contributed by atoms with Crippen LogP contribution in [0.5, 0.6) is 5.75 Å². The van der Waals surface area contributed by atoms with Gasteiger partial charge < -0.3 is 5.11 Å². The Morgan fingerprint density at radius 3 is 2.48 bits per heavy atom. The lowest BCUT2D eigenvalue weighted by atomic mass is 10.0. The number of benzene rings is 2. The highest BCUT2D eigenvalue weighted by molar-refractivity contribution is 8.18.